The van der Waals surface area contributed by atoms with E-state index in [0.29, 0.717) is 6.61 Å². The summed E-state index contributed by atoms with van der Waals surface area (Å²) in [5.74, 6) is 0. The van der Waals surface area contributed by atoms with Crippen LogP contribution in [0.25, 0.3) is 0 Å². The lowest BCUT2D eigenvalue weighted by atomic mass is 9.78. The zero-order valence-corrected chi connectivity index (χ0v) is 10.8. The molecule has 1 saturated heterocycles. The van der Waals surface area contributed by atoms with Gasteiger partial charge in [-0.05, 0) is 30.5 Å². The Morgan fingerprint density at radius 2 is 2.06 bits per heavy atom. The largest absolute Gasteiger partial charge is 0.449 e. The van der Waals surface area contributed by atoms with Crippen molar-refractivity contribution in [3.63, 3.8) is 0 Å². The number of ether oxygens (including phenoxy) is 1. The SMILES string of the molecule is Cc1cccc([C@@H]2NC(=O)OCC2(C)C)c1C. The molecule has 0 aliphatic carbocycles. The van der Waals surface area contributed by atoms with Crippen molar-refractivity contribution in [1.82, 2.24) is 5.32 Å². The van der Waals surface area contributed by atoms with Gasteiger partial charge in [0.2, 0.25) is 0 Å². The molecule has 0 spiro atoms. The average Bonchev–Trinajstić information content (AvgIpc) is 2.26. The predicted molar refractivity (Wildman–Crippen MR) is 66.9 cm³/mol. The van der Waals surface area contributed by atoms with Crippen LogP contribution in [0.4, 0.5) is 4.79 Å². The molecule has 3 heteroatoms. The average molecular weight is 233 g/mol. The number of benzene rings is 1. The number of rotatable bonds is 1. The van der Waals surface area contributed by atoms with Crippen LogP contribution >= 0.6 is 0 Å². The fraction of sp³-hybridized carbons (Fsp3) is 0.500. The normalized spacial score (nSPS) is 22.8. The highest BCUT2D eigenvalue weighted by molar-refractivity contribution is 5.69. The first kappa shape index (κ1) is 12.0. The maximum absolute atomic E-state index is 11.4. The van der Waals surface area contributed by atoms with E-state index in [1.807, 2.05) is 6.07 Å². The maximum Gasteiger partial charge on any atom is 0.407 e. The van der Waals surface area contributed by atoms with E-state index in [1.54, 1.807) is 0 Å². The summed E-state index contributed by atoms with van der Waals surface area (Å²) >= 11 is 0. The first-order valence-corrected chi connectivity index (χ1v) is 5.91. The second-order valence-corrected chi connectivity index (χ2v) is 5.43. The molecule has 1 aliphatic rings. The van der Waals surface area contributed by atoms with Crippen molar-refractivity contribution in [3.8, 4) is 0 Å². The van der Waals surface area contributed by atoms with Gasteiger partial charge < -0.3 is 10.1 Å². The fourth-order valence-corrected chi connectivity index (χ4v) is 2.28. The monoisotopic (exact) mass is 233 g/mol. The summed E-state index contributed by atoms with van der Waals surface area (Å²) in [6.45, 7) is 8.87. The van der Waals surface area contributed by atoms with E-state index in [1.165, 1.54) is 16.7 Å². The van der Waals surface area contributed by atoms with E-state index in [0.717, 1.165) is 0 Å². The highest BCUT2D eigenvalue weighted by Crippen LogP contribution is 2.38. The molecule has 1 aromatic carbocycles. The predicted octanol–water partition coefficient (Wildman–Crippen LogP) is 3.11. The van der Waals surface area contributed by atoms with Crippen LogP contribution in [0, 0.1) is 19.3 Å². The Kier molecular flexibility index (Phi) is 2.86. The minimum absolute atomic E-state index is 0.0173. The van der Waals surface area contributed by atoms with Crippen molar-refractivity contribution in [1.29, 1.82) is 0 Å². The zero-order chi connectivity index (χ0) is 12.6. The van der Waals surface area contributed by atoms with Crippen LogP contribution < -0.4 is 5.32 Å². The third-order valence-electron chi connectivity index (χ3n) is 3.58. The van der Waals surface area contributed by atoms with E-state index in [-0.39, 0.29) is 17.6 Å². The highest BCUT2D eigenvalue weighted by atomic mass is 16.6. The van der Waals surface area contributed by atoms with Gasteiger partial charge in [-0.2, -0.15) is 0 Å². The molecule has 0 unspecified atom stereocenters. The van der Waals surface area contributed by atoms with Gasteiger partial charge in [0.15, 0.2) is 0 Å². The molecule has 1 aliphatic heterocycles. The van der Waals surface area contributed by atoms with Gasteiger partial charge in [-0.15, -0.1) is 0 Å². The second kappa shape index (κ2) is 4.06. The van der Waals surface area contributed by atoms with Gasteiger partial charge in [0.25, 0.3) is 0 Å². The molecule has 1 fully saturated rings. The molecule has 2 rings (SSSR count). The van der Waals surface area contributed by atoms with Crippen molar-refractivity contribution in [2.24, 2.45) is 5.41 Å². The van der Waals surface area contributed by atoms with Crippen molar-refractivity contribution < 1.29 is 9.53 Å². The zero-order valence-electron chi connectivity index (χ0n) is 10.8. The van der Waals surface area contributed by atoms with Crippen LogP contribution in [0.1, 0.15) is 36.6 Å². The molecule has 1 aromatic rings. The van der Waals surface area contributed by atoms with Gasteiger partial charge in [0.05, 0.1) is 6.04 Å². The molecule has 92 valence electrons. The van der Waals surface area contributed by atoms with Gasteiger partial charge in [0.1, 0.15) is 6.61 Å². The van der Waals surface area contributed by atoms with Crippen molar-refractivity contribution >= 4 is 6.09 Å². The second-order valence-electron chi connectivity index (χ2n) is 5.43. The Hall–Kier alpha value is -1.51. The van der Waals surface area contributed by atoms with Crippen molar-refractivity contribution in [2.75, 3.05) is 6.61 Å². The first-order chi connectivity index (χ1) is 7.92. The fourth-order valence-electron chi connectivity index (χ4n) is 2.28. The molecule has 1 N–H and O–H groups in total. The third kappa shape index (κ3) is 2.14. The standard InChI is InChI=1S/C14H19NO2/c1-9-6-5-7-11(10(9)2)12-14(3,4)8-17-13(16)15-12/h5-7,12H,8H2,1-4H3,(H,15,16)/t12-/m0/s1. The smallest absolute Gasteiger partial charge is 0.407 e. The number of aryl methyl sites for hydroxylation is 1. The van der Waals surface area contributed by atoms with E-state index >= 15 is 0 Å². The molecule has 1 amide bonds. The molecule has 0 saturated carbocycles. The van der Waals surface area contributed by atoms with E-state index in [9.17, 15) is 4.79 Å². The molecule has 1 heterocycles. The third-order valence-corrected chi connectivity index (χ3v) is 3.58. The molecular formula is C14H19NO2. The van der Waals surface area contributed by atoms with Crippen LogP contribution in [0.2, 0.25) is 0 Å². The van der Waals surface area contributed by atoms with Crippen LogP contribution in [0.15, 0.2) is 18.2 Å². The number of carbonyl (C=O) groups excluding carboxylic acids is 1. The number of alkyl carbamates (subject to hydrolysis) is 1. The highest BCUT2D eigenvalue weighted by Gasteiger charge is 2.38. The molecule has 0 radical (unpaired) electrons. The number of hydrogen-bond acceptors (Lipinski definition) is 2. The number of cyclic esters (lactones) is 1. The summed E-state index contributed by atoms with van der Waals surface area (Å²) in [7, 11) is 0. The summed E-state index contributed by atoms with van der Waals surface area (Å²) in [6, 6.07) is 6.23. The lowest BCUT2D eigenvalue weighted by Gasteiger charge is -2.39. The molecular weight excluding hydrogens is 214 g/mol. The summed E-state index contributed by atoms with van der Waals surface area (Å²) in [6.07, 6.45) is -0.324. The first-order valence-electron chi connectivity index (χ1n) is 5.91. The Morgan fingerprint density at radius 1 is 1.35 bits per heavy atom. The van der Waals surface area contributed by atoms with Crippen molar-refractivity contribution in [3.05, 3.63) is 34.9 Å². The molecule has 0 aromatic heterocycles. The van der Waals surface area contributed by atoms with Gasteiger partial charge in [-0.25, -0.2) is 4.79 Å². The summed E-state index contributed by atoms with van der Waals surface area (Å²) < 4.78 is 5.06. The molecule has 0 bridgehead atoms. The Labute approximate surface area is 102 Å². The summed E-state index contributed by atoms with van der Waals surface area (Å²) in [5.41, 5.74) is 3.59. The van der Waals surface area contributed by atoms with E-state index in [4.69, 9.17) is 4.74 Å². The lowest BCUT2D eigenvalue weighted by molar-refractivity contribution is 0.0385. The van der Waals surface area contributed by atoms with Crippen LogP contribution in [0.5, 0.6) is 0 Å². The minimum atomic E-state index is -0.324. The Balaban J connectivity index is 2.43. The maximum atomic E-state index is 11.4. The lowest BCUT2D eigenvalue weighted by Crippen LogP contribution is -2.47. The van der Waals surface area contributed by atoms with Gasteiger partial charge >= 0.3 is 6.09 Å². The Morgan fingerprint density at radius 3 is 2.76 bits per heavy atom. The number of nitrogens with one attached hydrogen (secondary N) is 1. The minimum Gasteiger partial charge on any atom is -0.449 e. The topological polar surface area (TPSA) is 38.3 Å². The van der Waals surface area contributed by atoms with Crippen LogP contribution in [-0.2, 0) is 4.74 Å². The van der Waals surface area contributed by atoms with Crippen LogP contribution in [-0.4, -0.2) is 12.7 Å². The number of amides is 1. The summed E-state index contributed by atoms with van der Waals surface area (Å²) in [4.78, 5) is 11.4. The Bertz CT molecular complexity index is 452. The van der Waals surface area contributed by atoms with Crippen molar-refractivity contribution in [2.45, 2.75) is 33.7 Å². The number of carbonyl (C=O) groups is 1. The molecule has 1 atom stereocenters. The van der Waals surface area contributed by atoms with Crippen LogP contribution in [0.3, 0.4) is 0 Å². The summed E-state index contributed by atoms with van der Waals surface area (Å²) in [5, 5.41) is 2.93. The van der Waals surface area contributed by atoms with Gasteiger partial charge in [-0.1, -0.05) is 32.0 Å². The molecule has 3 nitrogen and oxygen atoms in total. The van der Waals surface area contributed by atoms with E-state index < -0.39 is 0 Å². The van der Waals surface area contributed by atoms with E-state index in [2.05, 4.69) is 45.1 Å². The number of hydrogen-bond donors (Lipinski definition) is 1. The quantitative estimate of drug-likeness (QED) is 0.809. The van der Waals surface area contributed by atoms with Gasteiger partial charge in [-0.3, -0.25) is 0 Å². The van der Waals surface area contributed by atoms with Gasteiger partial charge in [0, 0.05) is 5.41 Å². The molecule has 17 heavy (non-hydrogen) atoms.